The number of hydrogen-bond donors (Lipinski definition) is 0. The van der Waals surface area contributed by atoms with E-state index in [9.17, 15) is 8.42 Å². The molecule has 0 unspecified atom stereocenters. The maximum atomic E-state index is 13.0. The van der Waals surface area contributed by atoms with Crippen LogP contribution >= 0.6 is 11.3 Å². The summed E-state index contributed by atoms with van der Waals surface area (Å²) in [5, 5.41) is 4.01. The highest BCUT2D eigenvalue weighted by Gasteiger charge is 2.38. The minimum atomic E-state index is -3.44. The summed E-state index contributed by atoms with van der Waals surface area (Å²) in [7, 11) is -3.44. The topological polar surface area (TPSA) is 37.4 Å². The molecule has 124 valence electrons. The van der Waals surface area contributed by atoms with E-state index in [-0.39, 0.29) is 11.5 Å². The van der Waals surface area contributed by atoms with Crippen LogP contribution < -0.4 is 0 Å². The number of sulfonamides is 1. The lowest BCUT2D eigenvalue weighted by molar-refractivity contribution is 0.399. The van der Waals surface area contributed by atoms with Gasteiger partial charge in [-0.3, -0.25) is 0 Å². The van der Waals surface area contributed by atoms with E-state index >= 15 is 0 Å². The number of hydrogen-bond acceptors (Lipinski definition) is 3. The van der Waals surface area contributed by atoms with Crippen LogP contribution in [0.3, 0.4) is 0 Å². The first-order valence-corrected chi connectivity index (χ1v) is 10.3. The molecular formula is C18H23NO2S2. The van der Waals surface area contributed by atoms with Crippen LogP contribution in [0.2, 0.25) is 0 Å². The lowest BCUT2D eigenvalue weighted by Gasteiger charge is -2.23. The molecule has 3 nitrogen and oxygen atoms in total. The molecule has 1 saturated carbocycles. The van der Waals surface area contributed by atoms with Gasteiger partial charge in [0.15, 0.2) is 0 Å². The Morgan fingerprint density at radius 2 is 1.78 bits per heavy atom. The van der Waals surface area contributed by atoms with E-state index in [1.165, 1.54) is 0 Å². The zero-order chi connectivity index (χ0) is 16.7. The van der Waals surface area contributed by atoms with E-state index in [1.807, 2.05) is 29.0 Å². The van der Waals surface area contributed by atoms with E-state index in [4.69, 9.17) is 0 Å². The molecule has 1 aliphatic rings. The van der Waals surface area contributed by atoms with Gasteiger partial charge in [0.05, 0.1) is 4.90 Å². The van der Waals surface area contributed by atoms with Gasteiger partial charge < -0.3 is 0 Å². The predicted octanol–water partition coefficient (Wildman–Crippen LogP) is 4.40. The molecular weight excluding hydrogens is 326 g/mol. The zero-order valence-corrected chi connectivity index (χ0v) is 15.5. The van der Waals surface area contributed by atoms with Crippen molar-refractivity contribution in [3.8, 4) is 0 Å². The Balaban J connectivity index is 1.89. The summed E-state index contributed by atoms with van der Waals surface area (Å²) in [4.78, 5) is 0.396. The van der Waals surface area contributed by atoms with E-state index < -0.39 is 10.0 Å². The first-order valence-electron chi connectivity index (χ1n) is 7.92. The van der Waals surface area contributed by atoms with Crippen molar-refractivity contribution in [3.05, 3.63) is 52.2 Å². The van der Waals surface area contributed by atoms with Gasteiger partial charge in [0.25, 0.3) is 0 Å². The Morgan fingerprint density at radius 1 is 1.13 bits per heavy atom. The summed E-state index contributed by atoms with van der Waals surface area (Å²) < 4.78 is 27.7. The molecule has 3 rings (SSSR count). The van der Waals surface area contributed by atoms with Crippen LogP contribution in [0.4, 0.5) is 0 Å². The molecule has 1 aromatic heterocycles. The predicted molar refractivity (Wildman–Crippen MR) is 95.2 cm³/mol. The van der Waals surface area contributed by atoms with Gasteiger partial charge >= 0.3 is 0 Å². The Bertz CT molecular complexity index is 752. The van der Waals surface area contributed by atoms with Gasteiger partial charge in [-0.1, -0.05) is 32.9 Å². The average Bonchev–Trinajstić information content (AvgIpc) is 3.20. The quantitative estimate of drug-likeness (QED) is 0.802. The SMILES string of the molecule is CC(C)(C)c1ccc(S(=O)(=O)N(Cc2ccsc2)C2CC2)cc1. The van der Waals surface area contributed by atoms with Crippen LogP contribution in [0.5, 0.6) is 0 Å². The summed E-state index contributed by atoms with van der Waals surface area (Å²) in [6.07, 6.45) is 1.92. The van der Waals surface area contributed by atoms with Crippen LogP contribution in [-0.2, 0) is 22.0 Å². The third-order valence-electron chi connectivity index (χ3n) is 4.20. The lowest BCUT2D eigenvalue weighted by Crippen LogP contribution is -2.32. The third kappa shape index (κ3) is 3.67. The molecule has 0 N–H and O–H groups in total. The second-order valence-corrected chi connectivity index (χ2v) is 9.86. The maximum absolute atomic E-state index is 13.0. The molecule has 1 aliphatic carbocycles. The Labute approximate surface area is 143 Å². The van der Waals surface area contributed by atoms with Crippen molar-refractivity contribution in [1.29, 1.82) is 0 Å². The minimum Gasteiger partial charge on any atom is -0.207 e. The molecule has 2 aromatic rings. The van der Waals surface area contributed by atoms with Gasteiger partial charge in [-0.15, -0.1) is 0 Å². The molecule has 0 spiro atoms. The van der Waals surface area contributed by atoms with Crippen LogP contribution in [-0.4, -0.2) is 18.8 Å². The van der Waals surface area contributed by atoms with Crippen molar-refractivity contribution >= 4 is 21.4 Å². The molecule has 0 atom stereocenters. The smallest absolute Gasteiger partial charge is 0.207 e. The molecule has 0 aliphatic heterocycles. The van der Waals surface area contributed by atoms with Crippen molar-refractivity contribution in [2.24, 2.45) is 0 Å². The Morgan fingerprint density at radius 3 is 2.26 bits per heavy atom. The fraction of sp³-hybridized carbons (Fsp3) is 0.444. The molecule has 0 bridgehead atoms. The highest BCUT2D eigenvalue weighted by molar-refractivity contribution is 7.89. The van der Waals surface area contributed by atoms with Crippen molar-refractivity contribution in [1.82, 2.24) is 4.31 Å². The lowest BCUT2D eigenvalue weighted by atomic mass is 9.87. The van der Waals surface area contributed by atoms with Crippen LogP contribution in [0.1, 0.15) is 44.7 Å². The number of rotatable bonds is 5. The fourth-order valence-corrected chi connectivity index (χ4v) is 4.93. The molecule has 5 heteroatoms. The van der Waals surface area contributed by atoms with Gasteiger partial charge in [0.1, 0.15) is 0 Å². The van der Waals surface area contributed by atoms with E-state index in [2.05, 4.69) is 20.8 Å². The number of benzene rings is 1. The Hall–Kier alpha value is -1.17. The molecule has 0 amide bonds. The largest absolute Gasteiger partial charge is 0.243 e. The number of nitrogens with zero attached hydrogens (tertiary/aromatic N) is 1. The van der Waals surface area contributed by atoms with Gasteiger partial charge in [-0.25, -0.2) is 8.42 Å². The minimum absolute atomic E-state index is 0.0230. The summed E-state index contributed by atoms with van der Waals surface area (Å²) in [6.45, 7) is 6.86. The molecule has 0 radical (unpaired) electrons. The van der Waals surface area contributed by atoms with Crippen molar-refractivity contribution in [3.63, 3.8) is 0 Å². The second-order valence-electron chi connectivity index (χ2n) is 7.19. The molecule has 0 saturated heterocycles. The second kappa shape index (κ2) is 6.04. The fourth-order valence-electron chi connectivity index (χ4n) is 2.60. The summed E-state index contributed by atoms with van der Waals surface area (Å²) in [5.41, 5.74) is 2.24. The first kappa shape index (κ1) is 16.7. The highest BCUT2D eigenvalue weighted by Crippen LogP contribution is 2.34. The van der Waals surface area contributed by atoms with Gasteiger partial charge in [-0.2, -0.15) is 15.6 Å². The Kier molecular flexibility index (Phi) is 4.38. The zero-order valence-electron chi connectivity index (χ0n) is 13.8. The maximum Gasteiger partial charge on any atom is 0.243 e. The number of thiophene rings is 1. The molecule has 23 heavy (non-hydrogen) atoms. The van der Waals surface area contributed by atoms with Crippen molar-refractivity contribution in [2.45, 2.75) is 56.5 Å². The first-order chi connectivity index (χ1) is 10.8. The van der Waals surface area contributed by atoms with E-state index in [0.29, 0.717) is 11.4 Å². The van der Waals surface area contributed by atoms with Crippen LogP contribution in [0.25, 0.3) is 0 Å². The average molecular weight is 350 g/mol. The highest BCUT2D eigenvalue weighted by atomic mass is 32.2. The van der Waals surface area contributed by atoms with E-state index in [1.54, 1.807) is 27.8 Å². The van der Waals surface area contributed by atoms with Crippen molar-refractivity contribution < 1.29 is 8.42 Å². The standard InChI is InChI=1S/C18H23NO2S2/c1-18(2,3)15-4-8-17(9-5-15)23(20,21)19(16-6-7-16)12-14-10-11-22-13-14/h4-5,8-11,13,16H,6-7,12H2,1-3H3. The monoisotopic (exact) mass is 349 g/mol. The van der Waals surface area contributed by atoms with Crippen molar-refractivity contribution in [2.75, 3.05) is 0 Å². The summed E-state index contributed by atoms with van der Waals surface area (Å²) in [5.74, 6) is 0. The van der Waals surface area contributed by atoms with Crippen LogP contribution in [0, 0.1) is 0 Å². The van der Waals surface area contributed by atoms with Gasteiger partial charge in [0.2, 0.25) is 10.0 Å². The molecule has 1 heterocycles. The summed E-state index contributed by atoms with van der Waals surface area (Å²) in [6, 6.07) is 9.52. The molecule has 1 aromatic carbocycles. The molecule has 1 fully saturated rings. The third-order valence-corrected chi connectivity index (χ3v) is 6.84. The van der Waals surface area contributed by atoms with E-state index in [0.717, 1.165) is 24.0 Å². The van der Waals surface area contributed by atoms with Gasteiger partial charge in [0, 0.05) is 12.6 Å². The normalized spacial score (nSPS) is 16.0. The van der Waals surface area contributed by atoms with Crippen LogP contribution in [0.15, 0.2) is 46.0 Å². The summed E-state index contributed by atoms with van der Waals surface area (Å²) >= 11 is 1.60. The van der Waals surface area contributed by atoms with Gasteiger partial charge in [-0.05, 0) is 58.3 Å².